The highest BCUT2D eigenvalue weighted by molar-refractivity contribution is 14.1. The van der Waals surface area contributed by atoms with E-state index >= 15 is 0 Å². The molecule has 0 aliphatic carbocycles. The number of hydrazone groups is 1. The highest BCUT2D eigenvalue weighted by atomic mass is 127. The standard InChI is InChI=1S/C30H31IN4O6/c1-5-11-40-24-9-7-22(8-10-24)34-29(37)30(38)35-32-17-21-15-25(31)28(26(16-21)39-6-2)41-18-27(36)33-23-13-19(3)12-20(4)14-23/h5,7-10,12-17H,1,6,11,18H2,2-4H3,(H,33,36)(H,34,37)(H,35,38)/b32-17-. The molecule has 3 N–H and O–H groups in total. The second-order valence-corrected chi connectivity index (χ2v) is 9.92. The molecule has 0 aromatic heterocycles. The molecule has 10 nitrogen and oxygen atoms in total. The summed E-state index contributed by atoms with van der Waals surface area (Å²) in [4.78, 5) is 36.9. The van der Waals surface area contributed by atoms with Crippen LogP contribution in [0.3, 0.4) is 0 Å². The van der Waals surface area contributed by atoms with Crippen molar-refractivity contribution in [2.24, 2.45) is 5.10 Å². The molecule has 0 bridgehead atoms. The number of carbonyl (C=O) groups excluding carboxylic acids is 3. The van der Waals surface area contributed by atoms with Crippen LogP contribution in [0.1, 0.15) is 23.6 Å². The Balaban J connectivity index is 1.58. The fourth-order valence-electron chi connectivity index (χ4n) is 3.64. The molecule has 3 aromatic rings. The number of hydrogen-bond donors (Lipinski definition) is 3. The Bertz CT molecular complexity index is 1420. The summed E-state index contributed by atoms with van der Waals surface area (Å²) >= 11 is 2.06. The molecule has 0 fully saturated rings. The number of anilines is 2. The van der Waals surface area contributed by atoms with Crippen molar-refractivity contribution in [1.82, 2.24) is 5.43 Å². The minimum atomic E-state index is -0.942. The number of rotatable bonds is 12. The molecule has 0 aliphatic rings. The van der Waals surface area contributed by atoms with Crippen LogP contribution in [-0.4, -0.2) is 43.8 Å². The number of halogens is 1. The van der Waals surface area contributed by atoms with E-state index < -0.39 is 11.8 Å². The molecule has 0 atom stereocenters. The molecule has 0 radical (unpaired) electrons. The van der Waals surface area contributed by atoms with Crippen LogP contribution in [0.25, 0.3) is 0 Å². The Hall–Kier alpha value is -4.39. The first-order chi connectivity index (χ1) is 19.7. The highest BCUT2D eigenvalue weighted by Crippen LogP contribution is 2.34. The number of hydrogen-bond acceptors (Lipinski definition) is 7. The number of nitrogens with one attached hydrogen (secondary N) is 3. The van der Waals surface area contributed by atoms with Crippen LogP contribution in [0.15, 0.2) is 72.4 Å². The van der Waals surface area contributed by atoms with Crippen molar-refractivity contribution in [1.29, 1.82) is 0 Å². The van der Waals surface area contributed by atoms with Gasteiger partial charge >= 0.3 is 11.8 Å². The largest absolute Gasteiger partial charge is 0.490 e. The van der Waals surface area contributed by atoms with Crippen LogP contribution in [-0.2, 0) is 14.4 Å². The molecule has 0 unspecified atom stereocenters. The Kier molecular flexibility index (Phi) is 11.7. The Morgan fingerprint density at radius 3 is 2.27 bits per heavy atom. The first kappa shape index (κ1) is 31.1. The van der Waals surface area contributed by atoms with Crippen molar-refractivity contribution in [3.8, 4) is 17.2 Å². The van der Waals surface area contributed by atoms with Crippen LogP contribution in [0.4, 0.5) is 11.4 Å². The van der Waals surface area contributed by atoms with Gasteiger partial charge < -0.3 is 24.8 Å². The van der Waals surface area contributed by atoms with Crippen molar-refractivity contribution in [2.75, 3.05) is 30.5 Å². The number of benzene rings is 3. The quantitative estimate of drug-likeness (QED) is 0.0821. The zero-order chi connectivity index (χ0) is 29.8. The topological polar surface area (TPSA) is 127 Å². The fraction of sp³-hybridized carbons (Fsp3) is 0.200. The monoisotopic (exact) mass is 670 g/mol. The minimum Gasteiger partial charge on any atom is -0.490 e. The summed E-state index contributed by atoms with van der Waals surface area (Å²) in [6, 6.07) is 15.7. The van der Waals surface area contributed by atoms with E-state index in [1.807, 2.05) is 39.0 Å². The third-order valence-corrected chi connectivity index (χ3v) is 6.05. The van der Waals surface area contributed by atoms with Crippen LogP contribution in [0, 0.1) is 17.4 Å². The molecule has 0 heterocycles. The van der Waals surface area contributed by atoms with Gasteiger partial charge in [0.15, 0.2) is 18.1 Å². The lowest BCUT2D eigenvalue weighted by Crippen LogP contribution is -2.32. The maximum atomic E-state index is 12.5. The number of carbonyl (C=O) groups is 3. The molecule has 0 spiro atoms. The van der Waals surface area contributed by atoms with Gasteiger partial charge in [-0.3, -0.25) is 14.4 Å². The van der Waals surface area contributed by atoms with E-state index in [0.29, 0.717) is 51.0 Å². The summed E-state index contributed by atoms with van der Waals surface area (Å²) in [5.74, 6) is -0.710. The van der Waals surface area contributed by atoms with Gasteiger partial charge in [0.2, 0.25) is 0 Å². The normalized spacial score (nSPS) is 10.5. The van der Waals surface area contributed by atoms with E-state index in [2.05, 4.69) is 50.3 Å². The molecule has 3 aromatic carbocycles. The number of ether oxygens (including phenoxy) is 3. The van der Waals surface area contributed by atoms with Gasteiger partial charge in [-0.15, -0.1) is 0 Å². The van der Waals surface area contributed by atoms with E-state index in [4.69, 9.17) is 14.2 Å². The average molecular weight is 671 g/mol. The van der Waals surface area contributed by atoms with Crippen molar-refractivity contribution in [2.45, 2.75) is 20.8 Å². The molecule has 0 saturated carbocycles. The zero-order valence-electron chi connectivity index (χ0n) is 23.0. The highest BCUT2D eigenvalue weighted by Gasteiger charge is 2.15. The van der Waals surface area contributed by atoms with E-state index in [1.165, 1.54) is 6.21 Å². The van der Waals surface area contributed by atoms with E-state index in [-0.39, 0.29) is 12.5 Å². The number of nitrogens with zero attached hydrogens (tertiary/aromatic N) is 1. The predicted octanol–water partition coefficient (Wildman–Crippen LogP) is 4.98. The lowest BCUT2D eigenvalue weighted by molar-refractivity contribution is -0.136. The fourth-order valence-corrected chi connectivity index (χ4v) is 4.42. The van der Waals surface area contributed by atoms with Gasteiger partial charge in [-0.25, -0.2) is 5.43 Å². The summed E-state index contributed by atoms with van der Waals surface area (Å²) in [6.45, 7) is 9.83. The van der Waals surface area contributed by atoms with Crippen LogP contribution < -0.4 is 30.3 Å². The Labute approximate surface area is 252 Å². The van der Waals surface area contributed by atoms with Gasteiger partial charge in [0.05, 0.1) is 16.4 Å². The predicted molar refractivity (Wildman–Crippen MR) is 167 cm³/mol. The second kappa shape index (κ2) is 15.4. The number of aryl methyl sites for hydroxylation is 2. The van der Waals surface area contributed by atoms with Crippen molar-refractivity contribution in [3.05, 3.63) is 87.5 Å². The molecule has 0 saturated heterocycles. The van der Waals surface area contributed by atoms with Gasteiger partial charge in [0.25, 0.3) is 5.91 Å². The van der Waals surface area contributed by atoms with Crippen molar-refractivity contribution in [3.63, 3.8) is 0 Å². The zero-order valence-corrected chi connectivity index (χ0v) is 25.1. The van der Waals surface area contributed by atoms with Crippen molar-refractivity contribution < 1.29 is 28.6 Å². The first-order valence-electron chi connectivity index (χ1n) is 12.6. The third-order valence-electron chi connectivity index (χ3n) is 5.25. The smallest absolute Gasteiger partial charge is 0.329 e. The lowest BCUT2D eigenvalue weighted by atomic mass is 10.1. The molecule has 0 aliphatic heterocycles. The minimum absolute atomic E-state index is 0.216. The van der Waals surface area contributed by atoms with Crippen LogP contribution >= 0.6 is 22.6 Å². The number of amides is 3. The van der Waals surface area contributed by atoms with E-state index in [0.717, 1.165) is 11.1 Å². The van der Waals surface area contributed by atoms with Gasteiger partial charge in [-0.05, 0) is 109 Å². The molecule has 11 heteroatoms. The van der Waals surface area contributed by atoms with Gasteiger partial charge in [-0.1, -0.05) is 18.7 Å². The van der Waals surface area contributed by atoms with Crippen LogP contribution in [0.5, 0.6) is 17.2 Å². The summed E-state index contributed by atoms with van der Waals surface area (Å²) in [5, 5.41) is 9.21. The molecule has 3 rings (SSSR count). The van der Waals surface area contributed by atoms with Crippen LogP contribution in [0.2, 0.25) is 0 Å². The summed E-state index contributed by atoms with van der Waals surface area (Å²) < 4.78 is 17.6. The summed E-state index contributed by atoms with van der Waals surface area (Å²) in [5.41, 5.74) is 6.00. The average Bonchev–Trinajstić information content (AvgIpc) is 2.91. The van der Waals surface area contributed by atoms with Gasteiger partial charge in [0.1, 0.15) is 12.4 Å². The molecule has 214 valence electrons. The molecular formula is C30H31IN4O6. The SMILES string of the molecule is C=CCOc1ccc(NC(=O)C(=O)N/N=C\c2cc(I)c(OCC(=O)Nc3cc(C)cc(C)c3)c(OCC)c2)cc1. The lowest BCUT2D eigenvalue weighted by Gasteiger charge is -2.15. The maximum Gasteiger partial charge on any atom is 0.329 e. The van der Waals surface area contributed by atoms with E-state index in [1.54, 1.807) is 42.5 Å². The van der Waals surface area contributed by atoms with Gasteiger partial charge in [-0.2, -0.15) is 5.10 Å². The second-order valence-electron chi connectivity index (χ2n) is 8.75. The maximum absolute atomic E-state index is 12.5. The summed E-state index contributed by atoms with van der Waals surface area (Å²) in [7, 11) is 0. The Morgan fingerprint density at radius 2 is 1.61 bits per heavy atom. The molecular weight excluding hydrogens is 639 g/mol. The van der Waals surface area contributed by atoms with Crippen molar-refractivity contribution >= 4 is 57.9 Å². The first-order valence-corrected chi connectivity index (χ1v) is 13.7. The summed E-state index contributed by atoms with van der Waals surface area (Å²) in [6.07, 6.45) is 2.99. The Morgan fingerprint density at radius 1 is 0.902 bits per heavy atom. The third kappa shape index (κ3) is 9.94. The molecule has 3 amide bonds. The van der Waals surface area contributed by atoms with E-state index in [9.17, 15) is 14.4 Å². The van der Waals surface area contributed by atoms with Gasteiger partial charge in [0, 0.05) is 11.4 Å². The molecule has 41 heavy (non-hydrogen) atoms.